The van der Waals surface area contributed by atoms with Crippen molar-refractivity contribution >= 4 is 11.6 Å². The predicted octanol–water partition coefficient (Wildman–Crippen LogP) is 2.01. The Morgan fingerprint density at radius 1 is 1.24 bits per heavy atom. The first kappa shape index (κ1) is 14.9. The van der Waals surface area contributed by atoms with Crippen LogP contribution in [0.5, 0.6) is 0 Å². The first-order valence-electron chi connectivity index (χ1n) is 6.24. The summed E-state index contributed by atoms with van der Waals surface area (Å²) in [6, 6.07) is 9.52. The number of rotatable bonds is 4. The molecule has 4 nitrogen and oxygen atoms in total. The van der Waals surface area contributed by atoms with Crippen molar-refractivity contribution in [3.63, 3.8) is 0 Å². The van der Waals surface area contributed by atoms with E-state index in [0.29, 0.717) is 5.56 Å². The lowest BCUT2D eigenvalue weighted by Gasteiger charge is -2.17. The second kappa shape index (κ2) is 6.32. The van der Waals surface area contributed by atoms with Gasteiger partial charge in [0, 0.05) is 0 Å². The molecule has 0 saturated heterocycles. The third kappa shape index (κ3) is 3.35. The Kier molecular flexibility index (Phi) is 4.49. The van der Waals surface area contributed by atoms with Gasteiger partial charge in [0.05, 0.1) is 23.9 Å². The zero-order valence-corrected chi connectivity index (χ0v) is 11.0. The molecular weight excluding hydrogens is 278 g/mol. The monoisotopic (exact) mass is 292 g/mol. The summed E-state index contributed by atoms with van der Waals surface area (Å²) in [5.74, 6) is -2.64. The molecule has 0 spiro atoms. The number of aliphatic hydroxyl groups is 1. The minimum atomic E-state index is -0.987. The molecule has 0 radical (unpaired) electrons. The van der Waals surface area contributed by atoms with Crippen LogP contribution in [0, 0.1) is 11.6 Å². The van der Waals surface area contributed by atoms with Crippen molar-refractivity contribution in [3.05, 3.63) is 65.2 Å². The molecule has 2 aromatic rings. The first-order valence-corrected chi connectivity index (χ1v) is 6.24. The lowest BCUT2D eigenvalue weighted by atomic mass is 10.1. The van der Waals surface area contributed by atoms with Crippen LogP contribution in [0.15, 0.2) is 42.5 Å². The number of nitrogens with two attached hydrogens (primary N) is 1. The zero-order chi connectivity index (χ0) is 15.4. The maximum atomic E-state index is 13.8. The van der Waals surface area contributed by atoms with Gasteiger partial charge in [-0.25, -0.2) is 8.78 Å². The van der Waals surface area contributed by atoms with E-state index in [1.807, 2.05) is 0 Å². The molecule has 110 valence electrons. The number of anilines is 1. The average molecular weight is 292 g/mol. The summed E-state index contributed by atoms with van der Waals surface area (Å²) >= 11 is 0. The second-order valence-electron chi connectivity index (χ2n) is 4.48. The molecule has 0 aliphatic rings. The number of hydrogen-bond donors (Lipinski definition) is 3. The van der Waals surface area contributed by atoms with E-state index >= 15 is 0 Å². The Labute approximate surface area is 120 Å². The number of benzene rings is 2. The highest BCUT2D eigenvalue weighted by molar-refractivity contribution is 5.95. The SMILES string of the molecule is Nc1cc(F)cc(C(=O)NC(CO)c2ccccc2)c1F. The van der Waals surface area contributed by atoms with Crippen LogP contribution in [0.1, 0.15) is 22.0 Å². The number of nitrogen functional groups attached to an aromatic ring is 1. The van der Waals surface area contributed by atoms with Gasteiger partial charge in [-0.1, -0.05) is 30.3 Å². The topological polar surface area (TPSA) is 75.4 Å². The van der Waals surface area contributed by atoms with Crippen molar-refractivity contribution in [2.24, 2.45) is 0 Å². The Morgan fingerprint density at radius 3 is 2.52 bits per heavy atom. The highest BCUT2D eigenvalue weighted by Gasteiger charge is 2.20. The Bertz CT molecular complexity index is 648. The molecule has 1 unspecified atom stereocenters. The number of carbonyl (C=O) groups excluding carboxylic acids is 1. The molecule has 0 heterocycles. The standard InChI is InChI=1S/C15H14F2N2O2/c16-10-6-11(14(17)12(18)7-10)15(21)19-13(8-20)9-4-2-1-3-5-9/h1-7,13,20H,8,18H2,(H,19,21). The Hall–Kier alpha value is -2.47. The smallest absolute Gasteiger partial charge is 0.255 e. The van der Waals surface area contributed by atoms with Crippen LogP contribution < -0.4 is 11.1 Å². The predicted molar refractivity (Wildman–Crippen MR) is 74.5 cm³/mol. The number of carbonyl (C=O) groups is 1. The van der Waals surface area contributed by atoms with Gasteiger partial charge in [0.1, 0.15) is 5.82 Å². The highest BCUT2D eigenvalue weighted by atomic mass is 19.1. The van der Waals surface area contributed by atoms with Gasteiger partial charge in [0.15, 0.2) is 5.82 Å². The minimum absolute atomic E-state index is 0.373. The number of nitrogens with one attached hydrogen (secondary N) is 1. The molecule has 0 bridgehead atoms. The van der Waals surface area contributed by atoms with Gasteiger partial charge >= 0.3 is 0 Å². The van der Waals surface area contributed by atoms with Crippen LogP contribution in [-0.4, -0.2) is 17.6 Å². The maximum absolute atomic E-state index is 13.8. The van der Waals surface area contributed by atoms with E-state index in [4.69, 9.17) is 5.73 Å². The lowest BCUT2D eigenvalue weighted by Crippen LogP contribution is -2.31. The molecule has 4 N–H and O–H groups in total. The van der Waals surface area contributed by atoms with Crippen molar-refractivity contribution in [1.29, 1.82) is 0 Å². The van der Waals surface area contributed by atoms with E-state index in [1.165, 1.54) is 0 Å². The third-order valence-electron chi connectivity index (χ3n) is 3.00. The largest absolute Gasteiger partial charge is 0.396 e. The van der Waals surface area contributed by atoms with E-state index in [0.717, 1.165) is 12.1 Å². The van der Waals surface area contributed by atoms with Crippen molar-refractivity contribution in [2.45, 2.75) is 6.04 Å². The molecule has 0 saturated carbocycles. The summed E-state index contributed by atoms with van der Waals surface area (Å²) < 4.78 is 27.0. The molecule has 1 atom stereocenters. The van der Waals surface area contributed by atoms with Crippen molar-refractivity contribution in [3.8, 4) is 0 Å². The lowest BCUT2D eigenvalue weighted by molar-refractivity contribution is 0.0911. The molecule has 6 heteroatoms. The van der Waals surface area contributed by atoms with Crippen molar-refractivity contribution in [1.82, 2.24) is 5.32 Å². The van der Waals surface area contributed by atoms with Crippen molar-refractivity contribution < 1.29 is 18.7 Å². The number of amides is 1. The van der Waals surface area contributed by atoms with E-state index in [2.05, 4.69) is 5.32 Å². The molecule has 21 heavy (non-hydrogen) atoms. The van der Waals surface area contributed by atoms with Gasteiger partial charge < -0.3 is 16.2 Å². The summed E-state index contributed by atoms with van der Waals surface area (Å²) in [7, 11) is 0. The van der Waals surface area contributed by atoms with E-state index in [-0.39, 0.29) is 6.61 Å². The van der Waals surface area contributed by atoms with Gasteiger partial charge in [-0.05, 0) is 17.7 Å². The van der Waals surface area contributed by atoms with E-state index in [1.54, 1.807) is 30.3 Å². The van der Waals surface area contributed by atoms with Crippen LogP contribution in [0.3, 0.4) is 0 Å². The van der Waals surface area contributed by atoms with Crippen LogP contribution >= 0.6 is 0 Å². The number of aliphatic hydroxyl groups excluding tert-OH is 1. The highest BCUT2D eigenvalue weighted by Crippen LogP contribution is 2.19. The number of hydrogen-bond acceptors (Lipinski definition) is 3. The fourth-order valence-corrected chi connectivity index (χ4v) is 1.93. The van der Waals surface area contributed by atoms with Gasteiger partial charge in [-0.15, -0.1) is 0 Å². The van der Waals surface area contributed by atoms with Gasteiger partial charge in [0.25, 0.3) is 5.91 Å². The summed E-state index contributed by atoms with van der Waals surface area (Å²) in [6.45, 7) is -0.373. The summed E-state index contributed by atoms with van der Waals surface area (Å²) in [5, 5.41) is 11.8. The molecule has 0 aliphatic carbocycles. The molecule has 1 amide bonds. The third-order valence-corrected chi connectivity index (χ3v) is 3.00. The summed E-state index contributed by atoms with van der Waals surface area (Å²) in [6.07, 6.45) is 0. The average Bonchev–Trinajstić information content (AvgIpc) is 2.49. The first-order chi connectivity index (χ1) is 10.0. The van der Waals surface area contributed by atoms with Crippen LogP contribution in [0.4, 0.5) is 14.5 Å². The fraction of sp³-hybridized carbons (Fsp3) is 0.133. The molecular formula is C15H14F2N2O2. The molecule has 0 fully saturated rings. The van der Waals surface area contributed by atoms with Crippen molar-refractivity contribution in [2.75, 3.05) is 12.3 Å². The number of halogens is 2. The summed E-state index contributed by atoms with van der Waals surface area (Å²) in [4.78, 5) is 12.0. The van der Waals surface area contributed by atoms with Gasteiger partial charge in [-0.2, -0.15) is 0 Å². The molecule has 0 aromatic heterocycles. The normalized spacial score (nSPS) is 12.0. The minimum Gasteiger partial charge on any atom is -0.396 e. The van der Waals surface area contributed by atoms with E-state index < -0.39 is 34.8 Å². The quantitative estimate of drug-likeness (QED) is 0.755. The van der Waals surface area contributed by atoms with E-state index in [9.17, 15) is 18.7 Å². The van der Waals surface area contributed by atoms with Crippen LogP contribution in [-0.2, 0) is 0 Å². The Morgan fingerprint density at radius 2 is 1.90 bits per heavy atom. The van der Waals surface area contributed by atoms with Crippen LogP contribution in [0.25, 0.3) is 0 Å². The fourth-order valence-electron chi connectivity index (χ4n) is 1.93. The van der Waals surface area contributed by atoms with Gasteiger partial charge in [-0.3, -0.25) is 4.79 Å². The second-order valence-corrected chi connectivity index (χ2v) is 4.48. The molecule has 0 aliphatic heterocycles. The zero-order valence-electron chi connectivity index (χ0n) is 11.0. The molecule has 2 aromatic carbocycles. The summed E-state index contributed by atoms with van der Waals surface area (Å²) in [5.41, 5.74) is 5.00. The van der Waals surface area contributed by atoms with Crippen LogP contribution in [0.2, 0.25) is 0 Å². The maximum Gasteiger partial charge on any atom is 0.255 e. The Balaban J connectivity index is 2.25. The molecule has 2 rings (SSSR count). The van der Waals surface area contributed by atoms with Gasteiger partial charge in [0.2, 0.25) is 0 Å².